The highest BCUT2D eigenvalue weighted by molar-refractivity contribution is 5.97. The predicted octanol–water partition coefficient (Wildman–Crippen LogP) is 2.81. The molecule has 1 heterocycles. The lowest BCUT2D eigenvalue weighted by Crippen LogP contribution is -2.28. The number of esters is 1. The number of ether oxygens (including phenoxy) is 1. The second kappa shape index (κ2) is 5.09. The van der Waals surface area contributed by atoms with Gasteiger partial charge in [-0.1, -0.05) is 13.8 Å². The molecule has 114 valence electrons. The molecule has 0 saturated carbocycles. The molecule has 0 atom stereocenters. The monoisotopic (exact) mass is 298 g/mol. The van der Waals surface area contributed by atoms with Gasteiger partial charge in [0.25, 0.3) is 0 Å². The van der Waals surface area contributed by atoms with Gasteiger partial charge in [-0.15, -0.1) is 0 Å². The molecule has 5 heteroatoms. The number of hydrogen-bond acceptors (Lipinski definition) is 4. The quantitative estimate of drug-likeness (QED) is 0.800. The number of methoxy groups -OCH3 is 1. The summed E-state index contributed by atoms with van der Waals surface area (Å²) in [6.07, 6.45) is 2.99. The van der Waals surface area contributed by atoms with Crippen LogP contribution in [0.15, 0.2) is 30.6 Å². The number of carbonyl (C=O) groups is 2. The number of ketones is 1. The molecule has 1 aliphatic carbocycles. The highest BCUT2D eigenvalue weighted by Crippen LogP contribution is 2.34. The molecule has 2 aromatic rings. The highest BCUT2D eigenvalue weighted by Gasteiger charge is 2.34. The lowest BCUT2D eigenvalue weighted by molar-refractivity contribution is 0.0600. The van der Waals surface area contributed by atoms with Crippen molar-refractivity contribution in [2.24, 2.45) is 5.41 Å². The maximum Gasteiger partial charge on any atom is 0.337 e. The molecule has 0 unspecified atom stereocenters. The van der Waals surface area contributed by atoms with E-state index < -0.39 is 0 Å². The van der Waals surface area contributed by atoms with Gasteiger partial charge in [-0.2, -0.15) is 0 Å². The van der Waals surface area contributed by atoms with Crippen molar-refractivity contribution in [1.29, 1.82) is 0 Å². The summed E-state index contributed by atoms with van der Waals surface area (Å²) < 4.78 is 6.48. The van der Waals surface area contributed by atoms with Gasteiger partial charge in [-0.05, 0) is 36.1 Å². The Kier molecular flexibility index (Phi) is 3.35. The molecule has 0 fully saturated rings. The molecule has 1 aromatic heterocycles. The van der Waals surface area contributed by atoms with Crippen LogP contribution in [0.25, 0.3) is 5.69 Å². The molecular weight excluding hydrogens is 280 g/mol. The number of imidazole rings is 1. The van der Waals surface area contributed by atoms with E-state index in [1.165, 1.54) is 7.11 Å². The van der Waals surface area contributed by atoms with Crippen LogP contribution in [0, 0.1) is 5.41 Å². The van der Waals surface area contributed by atoms with Crippen molar-refractivity contribution in [3.05, 3.63) is 47.5 Å². The van der Waals surface area contributed by atoms with Crippen molar-refractivity contribution in [3.8, 4) is 5.69 Å². The van der Waals surface area contributed by atoms with Crippen molar-refractivity contribution in [2.45, 2.75) is 26.7 Å². The van der Waals surface area contributed by atoms with Crippen molar-refractivity contribution in [1.82, 2.24) is 9.55 Å². The Balaban J connectivity index is 1.99. The molecule has 22 heavy (non-hydrogen) atoms. The number of Topliss-reactive ketones (excluding diaryl/α,β-unsaturated/α-hetero) is 1. The van der Waals surface area contributed by atoms with Crippen LogP contribution in [0.3, 0.4) is 0 Å². The lowest BCUT2D eigenvalue weighted by Gasteiger charge is -2.28. The van der Waals surface area contributed by atoms with Crippen LogP contribution in [0.4, 0.5) is 0 Å². The molecule has 0 N–H and O–H groups in total. The average molecular weight is 298 g/mol. The standard InChI is InChI=1S/C17H18N2O3/c1-17(2)8-13-15(14(20)9-17)19(10-18-13)12-6-4-11(5-7-12)16(21)22-3/h4-7,10H,8-9H2,1-3H3. The number of aromatic nitrogens is 2. The van der Waals surface area contributed by atoms with Gasteiger partial charge in [0.05, 0.1) is 18.4 Å². The SMILES string of the molecule is COC(=O)c1ccc(-n2cnc3c2C(=O)CC(C)(C)C3)cc1. The Morgan fingerprint density at radius 1 is 1.23 bits per heavy atom. The molecular formula is C17H18N2O3. The first-order chi connectivity index (χ1) is 10.4. The number of rotatable bonds is 2. The van der Waals surface area contributed by atoms with Crippen LogP contribution in [-0.4, -0.2) is 28.4 Å². The number of nitrogens with zero attached hydrogens (tertiary/aromatic N) is 2. The molecule has 3 rings (SSSR count). The summed E-state index contributed by atoms with van der Waals surface area (Å²) in [5, 5.41) is 0. The van der Waals surface area contributed by atoms with Gasteiger partial charge in [-0.3, -0.25) is 9.36 Å². The van der Waals surface area contributed by atoms with Crippen molar-refractivity contribution in [2.75, 3.05) is 7.11 Å². The molecule has 0 aliphatic heterocycles. The maximum absolute atomic E-state index is 12.4. The van der Waals surface area contributed by atoms with E-state index in [1.807, 2.05) is 0 Å². The molecule has 5 nitrogen and oxygen atoms in total. The van der Waals surface area contributed by atoms with Crippen LogP contribution in [0.5, 0.6) is 0 Å². The lowest BCUT2D eigenvalue weighted by atomic mass is 9.77. The first-order valence-electron chi connectivity index (χ1n) is 7.19. The Bertz CT molecular complexity index is 742. The number of hydrogen-bond donors (Lipinski definition) is 0. The molecule has 1 aromatic carbocycles. The van der Waals surface area contributed by atoms with Gasteiger partial charge < -0.3 is 4.74 Å². The van der Waals surface area contributed by atoms with E-state index >= 15 is 0 Å². The first kappa shape index (κ1) is 14.5. The topological polar surface area (TPSA) is 61.2 Å². The van der Waals surface area contributed by atoms with Gasteiger partial charge in [0.15, 0.2) is 5.78 Å². The molecule has 0 spiro atoms. The summed E-state index contributed by atoms with van der Waals surface area (Å²) in [4.78, 5) is 28.3. The smallest absolute Gasteiger partial charge is 0.337 e. The molecule has 0 bridgehead atoms. The van der Waals surface area contributed by atoms with E-state index in [2.05, 4.69) is 23.6 Å². The van der Waals surface area contributed by atoms with Crippen LogP contribution < -0.4 is 0 Å². The third-order valence-corrected chi connectivity index (χ3v) is 3.96. The minimum atomic E-state index is -0.378. The summed E-state index contributed by atoms with van der Waals surface area (Å²) in [7, 11) is 1.35. The zero-order valence-electron chi connectivity index (χ0n) is 12.9. The van der Waals surface area contributed by atoms with Gasteiger partial charge in [-0.25, -0.2) is 9.78 Å². The zero-order valence-corrected chi connectivity index (χ0v) is 12.9. The zero-order chi connectivity index (χ0) is 15.9. The molecule has 0 radical (unpaired) electrons. The van der Waals surface area contributed by atoms with Crippen molar-refractivity contribution >= 4 is 11.8 Å². The first-order valence-corrected chi connectivity index (χ1v) is 7.19. The summed E-state index contributed by atoms with van der Waals surface area (Å²) >= 11 is 0. The van der Waals surface area contributed by atoms with Gasteiger partial charge in [0.1, 0.15) is 12.0 Å². The summed E-state index contributed by atoms with van der Waals surface area (Å²) in [5.41, 5.74) is 2.75. The van der Waals surface area contributed by atoms with E-state index in [1.54, 1.807) is 35.2 Å². The molecule has 1 aliphatic rings. The minimum Gasteiger partial charge on any atom is -0.465 e. The van der Waals surface area contributed by atoms with Crippen LogP contribution in [0.1, 0.15) is 46.8 Å². The average Bonchev–Trinajstić information content (AvgIpc) is 2.89. The van der Waals surface area contributed by atoms with E-state index in [4.69, 9.17) is 0 Å². The Morgan fingerprint density at radius 3 is 2.55 bits per heavy atom. The van der Waals surface area contributed by atoms with Gasteiger partial charge in [0, 0.05) is 12.1 Å². The highest BCUT2D eigenvalue weighted by atomic mass is 16.5. The fourth-order valence-electron chi connectivity index (χ4n) is 2.92. The largest absolute Gasteiger partial charge is 0.465 e. The second-order valence-corrected chi connectivity index (χ2v) is 6.39. The maximum atomic E-state index is 12.4. The summed E-state index contributed by atoms with van der Waals surface area (Å²) in [5.74, 6) is -0.266. The fraction of sp³-hybridized carbons (Fsp3) is 0.353. The Labute approximate surface area is 128 Å². The second-order valence-electron chi connectivity index (χ2n) is 6.39. The van der Waals surface area contributed by atoms with E-state index in [9.17, 15) is 9.59 Å². The van der Waals surface area contributed by atoms with Crippen molar-refractivity contribution in [3.63, 3.8) is 0 Å². The fourth-order valence-corrected chi connectivity index (χ4v) is 2.92. The number of carbonyl (C=O) groups excluding carboxylic acids is 2. The van der Waals surface area contributed by atoms with Gasteiger partial charge in [0.2, 0.25) is 0 Å². The van der Waals surface area contributed by atoms with Gasteiger partial charge >= 0.3 is 5.97 Å². The molecule has 0 saturated heterocycles. The van der Waals surface area contributed by atoms with E-state index in [-0.39, 0.29) is 17.2 Å². The van der Waals surface area contributed by atoms with Crippen LogP contribution in [0.2, 0.25) is 0 Å². The number of benzene rings is 1. The third-order valence-electron chi connectivity index (χ3n) is 3.96. The Hall–Kier alpha value is -2.43. The van der Waals surface area contributed by atoms with Crippen LogP contribution in [-0.2, 0) is 11.2 Å². The van der Waals surface area contributed by atoms with Crippen LogP contribution >= 0.6 is 0 Å². The van der Waals surface area contributed by atoms with E-state index in [0.29, 0.717) is 17.7 Å². The summed E-state index contributed by atoms with van der Waals surface area (Å²) in [6.45, 7) is 4.16. The number of fused-ring (bicyclic) bond motifs is 1. The van der Waals surface area contributed by atoms with Crippen molar-refractivity contribution < 1.29 is 14.3 Å². The summed E-state index contributed by atoms with van der Waals surface area (Å²) in [6, 6.07) is 6.96. The molecule has 0 amide bonds. The normalized spacial score (nSPS) is 16.2. The minimum absolute atomic E-state index is 0.0436. The van der Waals surface area contributed by atoms with E-state index in [0.717, 1.165) is 17.8 Å². The third kappa shape index (κ3) is 2.43. The Morgan fingerprint density at radius 2 is 1.91 bits per heavy atom. The predicted molar refractivity (Wildman–Crippen MR) is 81.3 cm³/mol.